The van der Waals surface area contributed by atoms with Crippen LogP contribution in [0.15, 0.2) is 18.3 Å². The van der Waals surface area contributed by atoms with Crippen molar-refractivity contribution in [2.24, 2.45) is 5.73 Å². The van der Waals surface area contributed by atoms with Crippen molar-refractivity contribution in [2.75, 3.05) is 18.5 Å². The lowest BCUT2D eigenvalue weighted by atomic mass is 10.1. The average molecular weight is 207 g/mol. The standard InChI is InChI=1S/C12H21N3/c1-4-8-15(3)10-6-7-12(14-9-10)11(13)5-2/h6-7,9,11H,4-5,8,13H2,1-3H3/t11-/m1/s1. The molecule has 84 valence electrons. The summed E-state index contributed by atoms with van der Waals surface area (Å²) in [7, 11) is 2.08. The number of nitrogens with zero attached hydrogens (tertiary/aromatic N) is 2. The molecule has 1 atom stereocenters. The van der Waals surface area contributed by atoms with Gasteiger partial charge in [-0.25, -0.2) is 0 Å². The highest BCUT2D eigenvalue weighted by Crippen LogP contribution is 2.15. The third kappa shape index (κ3) is 3.20. The molecular weight excluding hydrogens is 186 g/mol. The van der Waals surface area contributed by atoms with Gasteiger partial charge in [-0.1, -0.05) is 13.8 Å². The molecule has 0 fully saturated rings. The third-order valence-corrected chi connectivity index (χ3v) is 2.59. The Bertz CT molecular complexity index is 281. The van der Waals surface area contributed by atoms with Crippen LogP contribution in [0.3, 0.4) is 0 Å². The topological polar surface area (TPSA) is 42.1 Å². The molecule has 0 spiro atoms. The number of pyridine rings is 1. The molecule has 1 heterocycles. The van der Waals surface area contributed by atoms with Gasteiger partial charge in [0.1, 0.15) is 0 Å². The molecule has 0 amide bonds. The smallest absolute Gasteiger partial charge is 0.0572 e. The van der Waals surface area contributed by atoms with Crippen molar-refractivity contribution in [3.05, 3.63) is 24.0 Å². The molecule has 1 rings (SSSR count). The first-order valence-electron chi connectivity index (χ1n) is 5.61. The fourth-order valence-electron chi connectivity index (χ4n) is 1.52. The minimum atomic E-state index is 0.0653. The van der Waals surface area contributed by atoms with Crippen LogP contribution in [0.25, 0.3) is 0 Å². The molecule has 15 heavy (non-hydrogen) atoms. The molecule has 0 aliphatic heterocycles. The molecular formula is C12H21N3. The van der Waals surface area contributed by atoms with Crippen LogP contribution in [0.4, 0.5) is 5.69 Å². The molecule has 3 nitrogen and oxygen atoms in total. The third-order valence-electron chi connectivity index (χ3n) is 2.59. The van der Waals surface area contributed by atoms with E-state index in [4.69, 9.17) is 5.73 Å². The molecule has 0 aliphatic rings. The Morgan fingerprint density at radius 3 is 2.60 bits per heavy atom. The van der Waals surface area contributed by atoms with Crippen LogP contribution < -0.4 is 10.6 Å². The fraction of sp³-hybridized carbons (Fsp3) is 0.583. The number of hydrogen-bond donors (Lipinski definition) is 1. The van der Waals surface area contributed by atoms with Gasteiger partial charge >= 0.3 is 0 Å². The zero-order chi connectivity index (χ0) is 11.3. The van der Waals surface area contributed by atoms with Gasteiger partial charge in [-0.15, -0.1) is 0 Å². The Morgan fingerprint density at radius 1 is 1.40 bits per heavy atom. The summed E-state index contributed by atoms with van der Waals surface area (Å²) in [6.45, 7) is 5.30. The lowest BCUT2D eigenvalue weighted by Crippen LogP contribution is -2.18. The Morgan fingerprint density at radius 2 is 2.13 bits per heavy atom. The van der Waals surface area contributed by atoms with E-state index in [9.17, 15) is 0 Å². The van der Waals surface area contributed by atoms with Crippen LogP contribution in [0.2, 0.25) is 0 Å². The van der Waals surface area contributed by atoms with Crippen LogP contribution in [0, 0.1) is 0 Å². The fourth-order valence-corrected chi connectivity index (χ4v) is 1.52. The molecule has 0 saturated carbocycles. The van der Waals surface area contributed by atoms with Gasteiger partial charge in [0, 0.05) is 19.6 Å². The maximum absolute atomic E-state index is 5.90. The summed E-state index contributed by atoms with van der Waals surface area (Å²) < 4.78 is 0. The normalized spacial score (nSPS) is 12.5. The number of rotatable bonds is 5. The molecule has 3 heteroatoms. The van der Waals surface area contributed by atoms with E-state index >= 15 is 0 Å². The molecule has 0 saturated heterocycles. The van der Waals surface area contributed by atoms with Crippen molar-refractivity contribution in [3.63, 3.8) is 0 Å². The first-order chi connectivity index (χ1) is 7.19. The van der Waals surface area contributed by atoms with Crippen LogP contribution in [-0.4, -0.2) is 18.6 Å². The quantitative estimate of drug-likeness (QED) is 0.805. The van der Waals surface area contributed by atoms with Crippen molar-refractivity contribution in [1.29, 1.82) is 0 Å². The monoisotopic (exact) mass is 207 g/mol. The highest BCUT2D eigenvalue weighted by molar-refractivity contribution is 5.43. The summed E-state index contributed by atoms with van der Waals surface area (Å²) in [5.41, 5.74) is 8.04. The summed E-state index contributed by atoms with van der Waals surface area (Å²) in [4.78, 5) is 6.59. The first-order valence-corrected chi connectivity index (χ1v) is 5.61. The second kappa shape index (κ2) is 5.71. The summed E-state index contributed by atoms with van der Waals surface area (Å²) in [6.07, 6.45) is 3.98. The highest BCUT2D eigenvalue weighted by Gasteiger charge is 2.05. The Hall–Kier alpha value is -1.09. The molecule has 0 unspecified atom stereocenters. The van der Waals surface area contributed by atoms with E-state index in [-0.39, 0.29) is 6.04 Å². The molecule has 0 radical (unpaired) electrons. The summed E-state index contributed by atoms with van der Waals surface area (Å²) in [5.74, 6) is 0. The maximum atomic E-state index is 5.90. The number of aromatic nitrogens is 1. The van der Waals surface area contributed by atoms with E-state index in [1.165, 1.54) is 0 Å². The van der Waals surface area contributed by atoms with Gasteiger partial charge < -0.3 is 10.6 Å². The minimum absolute atomic E-state index is 0.0653. The Kier molecular flexibility index (Phi) is 4.56. The van der Waals surface area contributed by atoms with Crippen LogP contribution in [0.1, 0.15) is 38.4 Å². The molecule has 0 aliphatic carbocycles. The van der Waals surface area contributed by atoms with Crippen molar-refractivity contribution in [3.8, 4) is 0 Å². The lowest BCUT2D eigenvalue weighted by Gasteiger charge is -2.18. The largest absolute Gasteiger partial charge is 0.373 e. The van der Waals surface area contributed by atoms with Gasteiger partial charge in [-0.05, 0) is 25.0 Å². The minimum Gasteiger partial charge on any atom is -0.373 e. The molecule has 1 aromatic heterocycles. The number of nitrogens with two attached hydrogens (primary N) is 1. The van der Waals surface area contributed by atoms with Crippen molar-refractivity contribution in [1.82, 2.24) is 4.98 Å². The summed E-state index contributed by atoms with van der Waals surface area (Å²) in [5, 5.41) is 0. The van der Waals surface area contributed by atoms with Crippen molar-refractivity contribution < 1.29 is 0 Å². The first kappa shape index (κ1) is 12.0. The zero-order valence-electron chi connectivity index (χ0n) is 9.90. The SMILES string of the molecule is CCCN(C)c1ccc([C@H](N)CC)nc1. The molecule has 1 aromatic rings. The Labute approximate surface area is 92.3 Å². The van der Waals surface area contributed by atoms with E-state index in [1.54, 1.807) is 0 Å². The highest BCUT2D eigenvalue weighted by atomic mass is 15.1. The maximum Gasteiger partial charge on any atom is 0.0572 e. The number of hydrogen-bond acceptors (Lipinski definition) is 3. The predicted octanol–water partition coefficient (Wildman–Crippen LogP) is 2.34. The van der Waals surface area contributed by atoms with E-state index in [0.717, 1.165) is 30.8 Å². The molecule has 2 N–H and O–H groups in total. The van der Waals surface area contributed by atoms with Crippen LogP contribution in [0.5, 0.6) is 0 Å². The van der Waals surface area contributed by atoms with E-state index < -0.39 is 0 Å². The number of anilines is 1. The molecule has 0 aromatic carbocycles. The van der Waals surface area contributed by atoms with Gasteiger partial charge in [0.15, 0.2) is 0 Å². The van der Waals surface area contributed by atoms with Crippen molar-refractivity contribution in [2.45, 2.75) is 32.7 Å². The molecule has 0 bridgehead atoms. The average Bonchev–Trinajstić information content (AvgIpc) is 2.28. The summed E-state index contributed by atoms with van der Waals surface area (Å²) in [6, 6.07) is 4.18. The second-order valence-electron chi connectivity index (χ2n) is 3.88. The van der Waals surface area contributed by atoms with Gasteiger partial charge in [0.25, 0.3) is 0 Å². The van der Waals surface area contributed by atoms with Gasteiger partial charge in [0.2, 0.25) is 0 Å². The lowest BCUT2D eigenvalue weighted by molar-refractivity contribution is 0.675. The van der Waals surface area contributed by atoms with Gasteiger partial charge in [0.05, 0.1) is 17.6 Å². The van der Waals surface area contributed by atoms with Gasteiger partial charge in [-0.2, -0.15) is 0 Å². The zero-order valence-corrected chi connectivity index (χ0v) is 9.90. The van der Waals surface area contributed by atoms with E-state index in [1.807, 2.05) is 12.3 Å². The van der Waals surface area contributed by atoms with E-state index in [0.29, 0.717) is 0 Å². The van der Waals surface area contributed by atoms with E-state index in [2.05, 4.69) is 36.8 Å². The second-order valence-corrected chi connectivity index (χ2v) is 3.88. The van der Waals surface area contributed by atoms with Crippen LogP contribution >= 0.6 is 0 Å². The van der Waals surface area contributed by atoms with Crippen molar-refractivity contribution >= 4 is 5.69 Å². The van der Waals surface area contributed by atoms with Gasteiger partial charge in [-0.3, -0.25) is 4.98 Å². The predicted molar refractivity (Wildman–Crippen MR) is 65.0 cm³/mol. The summed E-state index contributed by atoms with van der Waals surface area (Å²) >= 11 is 0. The van der Waals surface area contributed by atoms with Crippen LogP contribution in [-0.2, 0) is 0 Å². The Balaban J connectivity index is 2.71.